The third-order valence-corrected chi connectivity index (χ3v) is 5.89. The second-order valence-corrected chi connectivity index (χ2v) is 8.92. The molecule has 1 unspecified atom stereocenters. The zero-order chi connectivity index (χ0) is 22.3. The zero-order valence-electron chi connectivity index (χ0n) is 17.6. The van der Waals surface area contributed by atoms with E-state index in [2.05, 4.69) is 15.9 Å². The van der Waals surface area contributed by atoms with Crippen molar-refractivity contribution in [3.05, 3.63) is 81.2 Å². The number of nitrogens with zero attached hydrogens (tertiary/aromatic N) is 2. The average Bonchev–Trinajstić information content (AvgIpc) is 3.25. The van der Waals surface area contributed by atoms with Crippen LogP contribution in [0.1, 0.15) is 27.7 Å². The average molecular weight is 483 g/mol. The van der Waals surface area contributed by atoms with Crippen molar-refractivity contribution in [3.8, 4) is 0 Å². The molecule has 1 atom stereocenters. The second kappa shape index (κ2) is 8.32. The standard InChI is InChI=1S/C24H23BrN2O4/c1-14-7-8-18-16(11-14)13-19(31-18)22(28)20-21(15-5-4-6-17(25)12-15)27(10-9-26(2)3)24(30)23(20)29/h4-8,11-13,21,29H,9-10H2,1-3H3. The molecule has 0 radical (unpaired) electrons. The molecule has 4 rings (SSSR count). The number of ketones is 1. The molecule has 160 valence electrons. The van der Waals surface area contributed by atoms with Gasteiger partial charge in [0.2, 0.25) is 5.78 Å². The fourth-order valence-electron chi connectivity index (χ4n) is 3.85. The van der Waals surface area contributed by atoms with E-state index in [0.717, 1.165) is 21.0 Å². The predicted molar refractivity (Wildman–Crippen MR) is 122 cm³/mol. The highest BCUT2D eigenvalue weighted by Gasteiger charge is 2.44. The lowest BCUT2D eigenvalue weighted by atomic mass is 9.95. The Morgan fingerprint density at radius 1 is 1.19 bits per heavy atom. The number of benzene rings is 2. The largest absolute Gasteiger partial charge is 0.503 e. The minimum absolute atomic E-state index is 0.0395. The van der Waals surface area contributed by atoms with Crippen molar-refractivity contribution < 1.29 is 19.1 Å². The van der Waals surface area contributed by atoms with E-state index in [0.29, 0.717) is 18.7 Å². The summed E-state index contributed by atoms with van der Waals surface area (Å²) in [5, 5.41) is 11.5. The normalized spacial score (nSPS) is 16.7. The molecule has 2 aromatic carbocycles. The van der Waals surface area contributed by atoms with Crippen LogP contribution in [0.2, 0.25) is 0 Å². The van der Waals surface area contributed by atoms with Crippen LogP contribution in [0.25, 0.3) is 11.0 Å². The van der Waals surface area contributed by atoms with E-state index in [1.807, 2.05) is 68.4 Å². The van der Waals surface area contributed by atoms with Gasteiger partial charge in [-0.1, -0.05) is 39.7 Å². The quantitative estimate of drug-likeness (QED) is 0.517. The lowest BCUT2D eigenvalue weighted by Gasteiger charge is -2.28. The third kappa shape index (κ3) is 4.03. The van der Waals surface area contributed by atoms with Crippen LogP contribution in [-0.2, 0) is 4.79 Å². The molecule has 0 fully saturated rings. The Balaban J connectivity index is 1.80. The second-order valence-electron chi connectivity index (χ2n) is 8.00. The van der Waals surface area contributed by atoms with E-state index in [1.165, 1.54) is 4.90 Å². The number of aliphatic hydroxyl groups is 1. The van der Waals surface area contributed by atoms with E-state index >= 15 is 0 Å². The number of hydrogen-bond donors (Lipinski definition) is 1. The molecular weight excluding hydrogens is 460 g/mol. The number of carbonyl (C=O) groups is 2. The van der Waals surface area contributed by atoms with Gasteiger partial charge in [0.05, 0.1) is 11.6 Å². The van der Waals surface area contributed by atoms with E-state index in [1.54, 1.807) is 6.07 Å². The maximum Gasteiger partial charge on any atom is 0.290 e. The van der Waals surface area contributed by atoms with Crippen molar-refractivity contribution in [3.63, 3.8) is 0 Å². The first-order valence-corrected chi connectivity index (χ1v) is 10.7. The molecule has 31 heavy (non-hydrogen) atoms. The Morgan fingerprint density at radius 3 is 2.68 bits per heavy atom. The Hall–Kier alpha value is -2.90. The number of Topliss-reactive ketones (excluding diaryl/α,β-unsaturated/α-hetero) is 1. The number of fused-ring (bicyclic) bond motifs is 1. The molecule has 1 aliphatic heterocycles. The van der Waals surface area contributed by atoms with Gasteiger partial charge in [-0.05, 0) is 56.9 Å². The van der Waals surface area contributed by atoms with Crippen LogP contribution in [0.15, 0.2) is 68.8 Å². The van der Waals surface area contributed by atoms with E-state index in [9.17, 15) is 14.7 Å². The lowest BCUT2D eigenvalue weighted by Crippen LogP contribution is -2.36. The number of halogens is 1. The van der Waals surface area contributed by atoms with Gasteiger partial charge in [-0.3, -0.25) is 9.59 Å². The topological polar surface area (TPSA) is 74.0 Å². The predicted octanol–water partition coefficient (Wildman–Crippen LogP) is 4.64. The lowest BCUT2D eigenvalue weighted by molar-refractivity contribution is -0.129. The smallest absolute Gasteiger partial charge is 0.290 e. The van der Waals surface area contributed by atoms with E-state index in [4.69, 9.17) is 4.42 Å². The Bertz CT molecular complexity index is 1210. The summed E-state index contributed by atoms with van der Waals surface area (Å²) in [6.07, 6.45) is 0. The van der Waals surface area contributed by atoms with Gasteiger partial charge in [0, 0.05) is 22.9 Å². The van der Waals surface area contributed by atoms with Crippen molar-refractivity contribution in [1.82, 2.24) is 9.80 Å². The van der Waals surface area contributed by atoms with Crippen LogP contribution in [0.5, 0.6) is 0 Å². The summed E-state index contributed by atoms with van der Waals surface area (Å²) >= 11 is 3.46. The highest BCUT2D eigenvalue weighted by molar-refractivity contribution is 9.10. The summed E-state index contributed by atoms with van der Waals surface area (Å²) in [5.74, 6) is -1.46. The monoisotopic (exact) mass is 482 g/mol. The maximum atomic E-state index is 13.5. The number of likely N-dealkylation sites (N-methyl/N-ethyl adjacent to an activating group) is 1. The fourth-order valence-corrected chi connectivity index (χ4v) is 4.27. The summed E-state index contributed by atoms with van der Waals surface area (Å²) in [6.45, 7) is 2.92. The van der Waals surface area contributed by atoms with Crippen molar-refractivity contribution in [2.45, 2.75) is 13.0 Å². The summed E-state index contributed by atoms with van der Waals surface area (Å²) in [6, 6.07) is 14.0. The van der Waals surface area contributed by atoms with Crippen LogP contribution in [0.3, 0.4) is 0 Å². The SMILES string of the molecule is Cc1ccc2oc(C(=O)C3=C(O)C(=O)N(CCN(C)C)C3c3cccc(Br)c3)cc2c1. The number of amides is 1. The first-order chi connectivity index (χ1) is 14.8. The first-order valence-electron chi connectivity index (χ1n) is 9.95. The minimum Gasteiger partial charge on any atom is -0.503 e. The molecular formula is C24H23BrN2O4. The molecule has 7 heteroatoms. The Morgan fingerprint density at radius 2 is 1.97 bits per heavy atom. The molecule has 1 N–H and O–H groups in total. The molecule has 0 saturated carbocycles. The molecule has 1 aliphatic rings. The van der Waals surface area contributed by atoms with Crippen molar-refractivity contribution in [2.75, 3.05) is 27.2 Å². The highest BCUT2D eigenvalue weighted by Crippen LogP contribution is 2.40. The first kappa shape index (κ1) is 21.3. The molecule has 0 spiro atoms. The number of hydrogen-bond acceptors (Lipinski definition) is 5. The van der Waals surface area contributed by atoms with Crippen LogP contribution in [-0.4, -0.2) is 53.8 Å². The third-order valence-electron chi connectivity index (χ3n) is 5.40. The van der Waals surface area contributed by atoms with Gasteiger partial charge in [0.25, 0.3) is 5.91 Å². The molecule has 0 saturated heterocycles. The van der Waals surface area contributed by atoms with Crippen LogP contribution in [0.4, 0.5) is 0 Å². The van der Waals surface area contributed by atoms with Crippen LogP contribution in [0, 0.1) is 6.92 Å². The van der Waals surface area contributed by atoms with Gasteiger partial charge in [-0.25, -0.2) is 0 Å². The fraction of sp³-hybridized carbons (Fsp3) is 0.250. The maximum absolute atomic E-state index is 13.5. The summed E-state index contributed by atoms with van der Waals surface area (Å²) in [7, 11) is 3.81. The summed E-state index contributed by atoms with van der Waals surface area (Å²) in [4.78, 5) is 29.9. The Labute approximate surface area is 188 Å². The van der Waals surface area contributed by atoms with Crippen molar-refractivity contribution >= 4 is 38.6 Å². The molecule has 0 aliphatic carbocycles. The molecule has 0 bridgehead atoms. The van der Waals surface area contributed by atoms with Crippen molar-refractivity contribution in [1.29, 1.82) is 0 Å². The molecule has 3 aromatic rings. The highest BCUT2D eigenvalue weighted by atomic mass is 79.9. The van der Waals surface area contributed by atoms with Gasteiger partial charge in [0.1, 0.15) is 5.58 Å². The number of carbonyl (C=O) groups excluding carboxylic acids is 2. The van der Waals surface area contributed by atoms with Gasteiger partial charge < -0.3 is 19.3 Å². The number of aliphatic hydroxyl groups excluding tert-OH is 1. The molecule has 1 aromatic heterocycles. The minimum atomic E-state index is -0.701. The Kier molecular flexibility index (Phi) is 5.73. The summed E-state index contributed by atoms with van der Waals surface area (Å²) in [5.41, 5.74) is 2.41. The van der Waals surface area contributed by atoms with Gasteiger partial charge in [-0.2, -0.15) is 0 Å². The number of aryl methyl sites for hydroxylation is 1. The van der Waals surface area contributed by atoms with Gasteiger partial charge in [-0.15, -0.1) is 0 Å². The molecule has 6 nitrogen and oxygen atoms in total. The zero-order valence-corrected chi connectivity index (χ0v) is 19.1. The van der Waals surface area contributed by atoms with Crippen molar-refractivity contribution in [2.24, 2.45) is 0 Å². The number of rotatable bonds is 6. The molecule has 1 amide bonds. The van der Waals surface area contributed by atoms with Gasteiger partial charge in [0.15, 0.2) is 11.5 Å². The summed E-state index contributed by atoms with van der Waals surface area (Å²) < 4.78 is 6.60. The van der Waals surface area contributed by atoms with Gasteiger partial charge >= 0.3 is 0 Å². The molecule has 2 heterocycles. The van der Waals surface area contributed by atoms with Crippen LogP contribution < -0.4 is 0 Å². The van der Waals surface area contributed by atoms with E-state index in [-0.39, 0.29) is 11.3 Å². The van der Waals surface area contributed by atoms with Crippen LogP contribution >= 0.6 is 15.9 Å². The number of furan rings is 1. The van der Waals surface area contributed by atoms with E-state index < -0.39 is 23.5 Å².